The van der Waals surface area contributed by atoms with Crippen LogP contribution < -0.4 is 10.6 Å². The van der Waals surface area contributed by atoms with Crippen molar-refractivity contribution >= 4 is 23.3 Å². The molecule has 0 atom stereocenters. The number of nitrogens with zero attached hydrogens (tertiary/aromatic N) is 4. The number of rotatable bonds is 4. The van der Waals surface area contributed by atoms with E-state index in [0.717, 1.165) is 24.2 Å². The number of hydrogen-bond donors (Lipinski definition) is 1. The van der Waals surface area contributed by atoms with Gasteiger partial charge in [0.2, 0.25) is 0 Å². The smallest absolute Gasteiger partial charge is 0.325 e. The highest BCUT2D eigenvalue weighted by molar-refractivity contribution is 6.14. The van der Waals surface area contributed by atoms with E-state index in [1.807, 2.05) is 16.7 Å². The third-order valence-corrected chi connectivity index (χ3v) is 5.06. The highest BCUT2D eigenvalue weighted by atomic mass is 16.2. The minimum Gasteiger partial charge on any atom is -0.325 e. The largest absolute Gasteiger partial charge is 0.332 e. The Morgan fingerprint density at radius 1 is 1.17 bits per heavy atom. The molecule has 0 radical (unpaired) electrons. The van der Waals surface area contributed by atoms with Gasteiger partial charge in [0.05, 0.1) is 11.4 Å². The number of imide groups is 1. The van der Waals surface area contributed by atoms with Crippen molar-refractivity contribution in [1.29, 1.82) is 0 Å². The highest BCUT2D eigenvalue weighted by Crippen LogP contribution is 2.42. The molecule has 0 bridgehead atoms. The molecule has 3 aliphatic rings. The van der Waals surface area contributed by atoms with Crippen molar-refractivity contribution in [3.05, 3.63) is 29.7 Å². The summed E-state index contributed by atoms with van der Waals surface area (Å²) in [5.74, 6) is 0.438. The molecule has 3 heterocycles. The van der Waals surface area contributed by atoms with Gasteiger partial charge in [-0.3, -0.25) is 14.6 Å². The SMILES string of the molecule is NCc1cn2cc(C3CC3)cc(N3CC(=O)N(C4CC4)C3=O)c2n1. The van der Waals surface area contributed by atoms with E-state index in [1.165, 1.54) is 23.3 Å². The number of anilines is 1. The van der Waals surface area contributed by atoms with Crippen LogP contribution in [0.1, 0.15) is 42.9 Å². The number of pyridine rings is 1. The molecule has 124 valence electrons. The van der Waals surface area contributed by atoms with Gasteiger partial charge in [-0.25, -0.2) is 9.78 Å². The maximum atomic E-state index is 12.8. The van der Waals surface area contributed by atoms with E-state index < -0.39 is 0 Å². The van der Waals surface area contributed by atoms with E-state index in [-0.39, 0.29) is 24.5 Å². The Morgan fingerprint density at radius 2 is 1.96 bits per heavy atom. The van der Waals surface area contributed by atoms with Crippen molar-refractivity contribution in [1.82, 2.24) is 14.3 Å². The maximum absolute atomic E-state index is 12.8. The number of aromatic nitrogens is 2. The number of hydrogen-bond acceptors (Lipinski definition) is 4. The van der Waals surface area contributed by atoms with Gasteiger partial charge in [0, 0.05) is 25.0 Å². The van der Waals surface area contributed by atoms with Crippen LogP contribution in [0.2, 0.25) is 0 Å². The van der Waals surface area contributed by atoms with Crippen LogP contribution in [-0.2, 0) is 11.3 Å². The Balaban J connectivity index is 1.63. The van der Waals surface area contributed by atoms with Crippen molar-refractivity contribution in [3.63, 3.8) is 0 Å². The standard InChI is InChI=1S/C17H19N5O2/c18-6-12-8-20-7-11(10-1-2-10)5-14(16(20)19-12)21-9-15(23)22(17(21)24)13-3-4-13/h5,7-8,10,13H,1-4,6,9,18H2. The lowest BCUT2D eigenvalue weighted by Gasteiger charge is -2.18. The van der Waals surface area contributed by atoms with Crippen LogP contribution in [-0.4, -0.2) is 38.8 Å². The lowest BCUT2D eigenvalue weighted by atomic mass is 10.1. The van der Waals surface area contributed by atoms with Crippen LogP contribution >= 0.6 is 0 Å². The summed E-state index contributed by atoms with van der Waals surface area (Å²) in [5.41, 5.74) is 9.12. The molecule has 5 rings (SSSR count). The van der Waals surface area contributed by atoms with Gasteiger partial charge >= 0.3 is 6.03 Å². The number of imidazole rings is 1. The number of carbonyl (C=O) groups excluding carboxylic acids is 2. The van der Waals surface area contributed by atoms with Gasteiger partial charge < -0.3 is 10.1 Å². The summed E-state index contributed by atoms with van der Waals surface area (Å²) in [6.07, 6.45) is 8.16. The Labute approximate surface area is 139 Å². The van der Waals surface area contributed by atoms with Crippen LogP contribution in [0.5, 0.6) is 0 Å². The van der Waals surface area contributed by atoms with Crippen LogP contribution in [0.3, 0.4) is 0 Å². The quantitative estimate of drug-likeness (QED) is 0.866. The van der Waals surface area contributed by atoms with Gasteiger partial charge in [0.25, 0.3) is 5.91 Å². The summed E-state index contributed by atoms with van der Waals surface area (Å²) >= 11 is 0. The summed E-state index contributed by atoms with van der Waals surface area (Å²) in [6.45, 7) is 0.449. The van der Waals surface area contributed by atoms with Crippen LogP contribution in [0.4, 0.5) is 10.5 Å². The lowest BCUT2D eigenvalue weighted by molar-refractivity contribution is -0.125. The molecule has 2 aliphatic carbocycles. The summed E-state index contributed by atoms with van der Waals surface area (Å²) in [6, 6.07) is 1.91. The van der Waals surface area contributed by atoms with Gasteiger partial charge in [0.15, 0.2) is 5.65 Å². The molecule has 24 heavy (non-hydrogen) atoms. The summed E-state index contributed by atoms with van der Waals surface area (Å²) in [4.78, 5) is 32.6. The first-order valence-corrected chi connectivity index (χ1v) is 8.51. The first-order chi connectivity index (χ1) is 11.7. The first kappa shape index (κ1) is 14.0. The first-order valence-electron chi connectivity index (χ1n) is 8.51. The van der Waals surface area contributed by atoms with Crippen LogP contribution in [0.15, 0.2) is 18.5 Å². The highest BCUT2D eigenvalue weighted by Gasteiger charge is 2.46. The fraction of sp³-hybridized carbons (Fsp3) is 0.471. The molecule has 1 aliphatic heterocycles. The minimum absolute atomic E-state index is 0.0944. The molecule has 0 aromatic carbocycles. The van der Waals surface area contributed by atoms with E-state index in [9.17, 15) is 9.59 Å². The zero-order chi connectivity index (χ0) is 16.4. The van der Waals surface area contributed by atoms with Gasteiger partial charge in [-0.2, -0.15) is 0 Å². The molecule has 7 nitrogen and oxygen atoms in total. The fourth-order valence-electron chi connectivity index (χ4n) is 3.49. The summed E-state index contributed by atoms with van der Waals surface area (Å²) < 4.78 is 1.95. The topological polar surface area (TPSA) is 83.9 Å². The number of amides is 3. The molecule has 2 N–H and O–H groups in total. The molecular formula is C17H19N5O2. The second-order valence-corrected chi connectivity index (χ2v) is 6.96. The van der Waals surface area contributed by atoms with Crippen LogP contribution in [0.25, 0.3) is 5.65 Å². The maximum Gasteiger partial charge on any atom is 0.332 e. The third kappa shape index (κ3) is 2.04. The average molecular weight is 325 g/mol. The van der Waals surface area contributed by atoms with Crippen LogP contribution in [0, 0.1) is 0 Å². The molecule has 3 amide bonds. The zero-order valence-electron chi connectivity index (χ0n) is 13.3. The number of carbonyl (C=O) groups is 2. The number of nitrogens with two attached hydrogens (primary N) is 1. The van der Waals surface area contributed by atoms with E-state index in [1.54, 1.807) is 4.90 Å². The van der Waals surface area contributed by atoms with Crippen molar-refractivity contribution in [3.8, 4) is 0 Å². The predicted octanol–water partition coefficient (Wildman–Crippen LogP) is 1.60. The summed E-state index contributed by atoms with van der Waals surface area (Å²) in [5, 5.41) is 0. The molecule has 7 heteroatoms. The molecule has 1 saturated heterocycles. The monoisotopic (exact) mass is 325 g/mol. The molecule has 2 aromatic rings. The van der Waals surface area contributed by atoms with Gasteiger partial charge in [-0.1, -0.05) is 0 Å². The van der Waals surface area contributed by atoms with Crippen molar-refractivity contribution in [2.45, 2.75) is 44.2 Å². The van der Waals surface area contributed by atoms with Gasteiger partial charge in [0.1, 0.15) is 6.54 Å². The van der Waals surface area contributed by atoms with Gasteiger partial charge in [-0.05, 0) is 43.2 Å². The fourth-order valence-corrected chi connectivity index (χ4v) is 3.49. The second-order valence-electron chi connectivity index (χ2n) is 6.96. The Bertz CT molecular complexity index is 865. The molecular weight excluding hydrogens is 306 g/mol. The van der Waals surface area contributed by atoms with Crippen molar-refractivity contribution in [2.75, 3.05) is 11.4 Å². The molecule has 2 aromatic heterocycles. The Kier molecular flexibility index (Phi) is 2.79. The molecule has 0 unspecified atom stereocenters. The third-order valence-electron chi connectivity index (χ3n) is 5.06. The van der Waals surface area contributed by atoms with E-state index in [2.05, 4.69) is 11.2 Å². The minimum atomic E-state index is -0.213. The normalized spacial score (nSPS) is 21.4. The number of fused-ring (bicyclic) bond motifs is 1. The molecule has 0 spiro atoms. The van der Waals surface area contributed by atoms with Gasteiger partial charge in [-0.15, -0.1) is 0 Å². The lowest BCUT2D eigenvalue weighted by Crippen LogP contribution is -2.34. The molecule has 3 fully saturated rings. The van der Waals surface area contributed by atoms with Crippen molar-refractivity contribution < 1.29 is 9.59 Å². The summed E-state index contributed by atoms with van der Waals surface area (Å²) in [7, 11) is 0. The predicted molar refractivity (Wildman–Crippen MR) is 87.7 cm³/mol. The zero-order valence-corrected chi connectivity index (χ0v) is 13.3. The molecule has 2 saturated carbocycles. The average Bonchev–Trinajstić information content (AvgIpc) is 3.49. The Morgan fingerprint density at radius 3 is 2.62 bits per heavy atom. The van der Waals surface area contributed by atoms with E-state index in [0.29, 0.717) is 18.1 Å². The van der Waals surface area contributed by atoms with E-state index >= 15 is 0 Å². The van der Waals surface area contributed by atoms with E-state index in [4.69, 9.17) is 5.73 Å². The second kappa shape index (κ2) is 4.80. The number of urea groups is 1. The van der Waals surface area contributed by atoms with Crippen molar-refractivity contribution in [2.24, 2.45) is 5.73 Å². The Hall–Kier alpha value is -2.41.